The molecule has 146 valence electrons. The summed E-state index contributed by atoms with van der Waals surface area (Å²) < 4.78 is 14.8. The Bertz CT molecular complexity index is 799. The number of aliphatic hydroxyl groups is 1. The van der Waals surface area contributed by atoms with Crippen LogP contribution in [0.25, 0.3) is 0 Å². The Morgan fingerprint density at radius 3 is 2.63 bits per heavy atom. The van der Waals surface area contributed by atoms with E-state index in [-0.39, 0.29) is 12.2 Å². The topological polar surface area (TPSA) is 70.6 Å². The maximum Gasteiger partial charge on any atom is 0.276 e. The molecule has 0 heterocycles. The highest BCUT2D eigenvalue weighted by Crippen LogP contribution is 2.25. The summed E-state index contributed by atoms with van der Waals surface area (Å²) in [5.41, 5.74) is 4.65. The van der Waals surface area contributed by atoms with E-state index in [0.29, 0.717) is 18.0 Å². The molecule has 7 heteroatoms. The van der Waals surface area contributed by atoms with Gasteiger partial charge < -0.3 is 10.4 Å². The van der Waals surface area contributed by atoms with E-state index in [1.807, 2.05) is 39.0 Å². The molecular formula is C20H24FIN2O3. The Hall–Kier alpha value is -1.71. The number of hydroxylamine groups is 1. The first-order valence-electron chi connectivity index (χ1n) is 8.69. The monoisotopic (exact) mass is 486 g/mol. The molecule has 2 aromatic rings. The molecule has 1 amide bonds. The van der Waals surface area contributed by atoms with Gasteiger partial charge in [-0.15, -0.1) is 0 Å². The Labute approximate surface area is 172 Å². The van der Waals surface area contributed by atoms with Crippen molar-refractivity contribution >= 4 is 39.9 Å². The number of hydrogen-bond acceptors (Lipinski definition) is 4. The van der Waals surface area contributed by atoms with Gasteiger partial charge in [0.25, 0.3) is 5.91 Å². The molecule has 0 fully saturated rings. The van der Waals surface area contributed by atoms with Crippen LogP contribution in [0.15, 0.2) is 36.4 Å². The zero-order valence-corrected chi connectivity index (χ0v) is 17.7. The summed E-state index contributed by atoms with van der Waals surface area (Å²) in [4.78, 5) is 17.5. The van der Waals surface area contributed by atoms with Crippen LogP contribution in [0.5, 0.6) is 0 Å². The summed E-state index contributed by atoms with van der Waals surface area (Å²) in [7, 11) is 0. The standard InChI is InChI=1S/C20H24FIN2O3/c1-12(2)8-16(25)11-27-24-20(26)17-6-4-14(21)10-19(17)23-18-7-5-15(22)9-13(18)3/h4-7,9-10,12,16,23,25H,8,11H2,1-3H3,(H,24,26). The Morgan fingerprint density at radius 2 is 1.96 bits per heavy atom. The summed E-state index contributed by atoms with van der Waals surface area (Å²) in [5.74, 6) is -0.646. The van der Waals surface area contributed by atoms with Crippen LogP contribution < -0.4 is 10.8 Å². The van der Waals surface area contributed by atoms with Gasteiger partial charge in [-0.3, -0.25) is 9.63 Å². The van der Waals surface area contributed by atoms with E-state index in [1.54, 1.807) is 0 Å². The third-order valence-corrected chi connectivity index (χ3v) is 4.54. The van der Waals surface area contributed by atoms with Crippen LogP contribution >= 0.6 is 22.6 Å². The maximum atomic E-state index is 13.7. The minimum absolute atomic E-state index is 0.00981. The minimum atomic E-state index is -0.662. The lowest BCUT2D eigenvalue weighted by Gasteiger charge is -2.16. The zero-order chi connectivity index (χ0) is 20.0. The second-order valence-corrected chi connectivity index (χ2v) is 8.05. The lowest BCUT2D eigenvalue weighted by molar-refractivity contribution is -0.0181. The van der Waals surface area contributed by atoms with Crippen molar-refractivity contribution in [3.8, 4) is 0 Å². The van der Waals surface area contributed by atoms with E-state index in [2.05, 4.69) is 33.4 Å². The Kier molecular flexibility index (Phi) is 8.00. The van der Waals surface area contributed by atoms with Gasteiger partial charge in [0.1, 0.15) is 12.4 Å². The van der Waals surface area contributed by atoms with Crippen molar-refractivity contribution in [1.82, 2.24) is 5.48 Å². The number of carbonyl (C=O) groups excluding carboxylic acids is 1. The van der Waals surface area contributed by atoms with E-state index in [0.717, 1.165) is 14.8 Å². The first-order chi connectivity index (χ1) is 12.8. The molecule has 0 radical (unpaired) electrons. The predicted molar refractivity (Wildman–Crippen MR) is 112 cm³/mol. The van der Waals surface area contributed by atoms with E-state index in [4.69, 9.17) is 4.84 Å². The third kappa shape index (κ3) is 6.75. The molecule has 0 aromatic heterocycles. The van der Waals surface area contributed by atoms with Gasteiger partial charge in [-0.1, -0.05) is 13.8 Å². The number of halogens is 2. The van der Waals surface area contributed by atoms with E-state index in [9.17, 15) is 14.3 Å². The maximum absolute atomic E-state index is 13.7. The van der Waals surface area contributed by atoms with Crippen molar-refractivity contribution in [1.29, 1.82) is 0 Å². The van der Waals surface area contributed by atoms with Crippen LogP contribution in [0, 0.1) is 22.2 Å². The molecular weight excluding hydrogens is 462 g/mol. The fourth-order valence-electron chi connectivity index (χ4n) is 2.60. The number of carbonyl (C=O) groups is 1. The lowest BCUT2D eigenvalue weighted by atomic mass is 10.1. The smallest absolute Gasteiger partial charge is 0.276 e. The number of aryl methyl sites for hydroxylation is 1. The molecule has 2 rings (SSSR count). The van der Waals surface area contributed by atoms with E-state index >= 15 is 0 Å². The molecule has 0 aliphatic heterocycles. The third-order valence-electron chi connectivity index (χ3n) is 3.87. The molecule has 27 heavy (non-hydrogen) atoms. The number of hydrogen-bond donors (Lipinski definition) is 3. The Balaban J connectivity index is 2.09. The van der Waals surface area contributed by atoms with Gasteiger partial charge in [-0.05, 0) is 83.8 Å². The number of anilines is 2. The van der Waals surface area contributed by atoms with Gasteiger partial charge in [0.2, 0.25) is 0 Å². The molecule has 0 aliphatic rings. The SMILES string of the molecule is Cc1cc(I)ccc1Nc1cc(F)ccc1C(=O)NOCC(O)CC(C)C. The number of nitrogens with one attached hydrogen (secondary N) is 2. The summed E-state index contributed by atoms with van der Waals surface area (Å²) >= 11 is 2.21. The Morgan fingerprint density at radius 1 is 1.22 bits per heavy atom. The van der Waals surface area contributed by atoms with Gasteiger partial charge in [0, 0.05) is 9.26 Å². The fourth-order valence-corrected chi connectivity index (χ4v) is 3.25. The second kappa shape index (κ2) is 10.0. The predicted octanol–water partition coefficient (Wildman–Crippen LogP) is 4.55. The number of benzene rings is 2. The van der Waals surface area contributed by atoms with Crippen molar-refractivity contribution in [3.05, 3.63) is 56.9 Å². The lowest BCUT2D eigenvalue weighted by Crippen LogP contribution is -2.29. The molecule has 3 N–H and O–H groups in total. The van der Waals surface area contributed by atoms with Gasteiger partial charge in [-0.25, -0.2) is 9.87 Å². The normalized spacial score (nSPS) is 12.1. The molecule has 0 saturated heterocycles. The molecule has 0 saturated carbocycles. The number of rotatable bonds is 8. The van der Waals surface area contributed by atoms with Crippen LogP contribution in [0.4, 0.5) is 15.8 Å². The molecule has 2 aromatic carbocycles. The van der Waals surface area contributed by atoms with Gasteiger partial charge >= 0.3 is 0 Å². The summed E-state index contributed by atoms with van der Waals surface area (Å²) in [6.07, 6.45) is -0.0868. The molecule has 0 spiro atoms. The quantitative estimate of drug-likeness (QED) is 0.378. The first-order valence-corrected chi connectivity index (χ1v) is 9.77. The van der Waals surface area contributed by atoms with Crippen LogP contribution in [0.2, 0.25) is 0 Å². The fraction of sp³-hybridized carbons (Fsp3) is 0.350. The number of aliphatic hydroxyl groups excluding tert-OH is 1. The average molecular weight is 486 g/mol. The highest BCUT2D eigenvalue weighted by molar-refractivity contribution is 14.1. The minimum Gasteiger partial charge on any atom is -0.391 e. The second-order valence-electron chi connectivity index (χ2n) is 6.80. The number of amides is 1. The van der Waals surface area contributed by atoms with Gasteiger partial charge in [0.15, 0.2) is 0 Å². The van der Waals surface area contributed by atoms with Crippen molar-refractivity contribution < 1.29 is 19.1 Å². The molecule has 5 nitrogen and oxygen atoms in total. The van der Waals surface area contributed by atoms with Crippen LogP contribution in [0.1, 0.15) is 36.2 Å². The van der Waals surface area contributed by atoms with Crippen molar-refractivity contribution in [3.63, 3.8) is 0 Å². The van der Waals surface area contributed by atoms with E-state index in [1.165, 1.54) is 18.2 Å². The molecule has 1 unspecified atom stereocenters. The van der Waals surface area contributed by atoms with Crippen molar-refractivity contribution in [2.24, 2.45) is 5.92 Å². The first kappa shape index (κ1) is 21.6. The van der Waals surface area contributed by atoms with Gasteiger partial charge in [0.05, 0.1) is 17.4 Å². The summed E-state index contributed by atoms with van der Waals surface area (Å²) in [6.45, 7) is 5.91. The molecule has 0 bridgehead atoms. The molecule has 0 aliphatic carbocycles. The highest BCUT2D eigenvalue weighted by atomic mass is 127. The largest absolute Gasteiger partial charge is 0.391 e. The highest BCUT2D eigenvalue weighted by Gasteiger charge is 2.15. The van der Waals surface area contributed by atoms with Gasteiger partial charge in [-0.2, -0.15) is 0 Å². The van der Waals surface area contributed by atoms with E-state index < -0.39 is 17.8 Å². The summed E-state index contributed by atoms with van der Waals surface area (Å²) in [5, 5.41) is 12.9. The zero-order valence-electron chi connectivity index (χ0n) is 15.6. The summed E-state index contributed by atoms with van der Waals surface area (Å²) in [6, 6.07) is 9.66. The van der Waals surface area contributed by atoms with Crippen molar-refractivity contribution in [2.45, 2.75) is 33.3 Å². The van der Waals surface area contributed by atoms with Crippen molar-refractivity contribution in [2.75, 3.05) is 11.9 Å². The molecule has 1 atom stereocenters. The average Bonchev–Trinajstić information content (AvgIpc) is 2.56. The van der Waals surface area contributed by atoms with Crippen LogP contribution in [0.3, 0.4) is 0 Å². The van der Waals surface area contributed by atoms with Crippen LogP contribution in [-0.4, -0.2) is 23.7 Å². The van der Waals surface area contributed by atoms with Crippen LogP contribution in [-0.2, 0) is 4.84 Å².